The first kappa shape index (κ1) is 20.0. The Kier molecular flexibility index (Phi) is 7.49. The molecule has 0 amide bonds. The minimum atomic E-state index is -4.12. The summed E-state index contributed by atoms with van der Waals surface area (Å²) in [6, 6.07) is 0. The molecule has 1 aromatic rings. The van der Waals surface area contributed by atoms with E-state index in [2.05, 4.69) is 27.5 Å². The van der Waals surface area contributed by atoms with Gasteiger partial charge in [-0.25, -0.2) is 9.98 Å². The number of aryl methyl sites for hydroxylation is 1. The van der Waals surface area contributed by atoms with Gasteiger partial charge in [-0.05, 0) is 32.2 Å². The van der Waals surface area contributed by atoms with Crippen LogP contribution < -0.4 is 10.6 Å². The number of likely N-dealkylation sites (tertiary alicyclic amines) is 1. The van der Waals surface area contributed by atoms with Crippen LogP contribution in [0.25, 0.3) is 0 Å². The van der Waals surface area contributed by atoms with Crippen molar-refractivity contribution < 1.29 is 13.2 Å². The lowest BCUT2D eigenvalue weighted by Gasteiger charge is -2.18. The van der Waals surface area contributed by atoms with Gasteiger partial charge in [0.15, 0.2) is 5.96 Å². The van der Waals surface area contributed by atoms with Crippen molar-refractivity contribution in [3.63, 3.8) is 0 Å². The van der Waals surface area contributed by atoms with Crippen molar-refractivity contribution in [1.29, 1.82) is 0 Å². The van der Waals surface area contributed by atoms with Crippen LogP contribution >= 0.6 is 11.3 Å². The first-order valence-corrected chi connectivity index (χ1v) is 9.46. The summed E-state index contributed by atoms with van der Waals surface area (Å²) in [5, 5.41) is 7.38. The van der Waals surface area contributed by atoms with Crippen LogP contribution in [-0.2, 0) is 13.0 Å². The Morgan fingerprint density at radius 3 is 2.84 bits per heavy atom. The molecular weight excluding hydrogens is 351 g/mol. The van der Waals surface area contributed by atoms with Crippen molar-refractivity contribution in [3.05, 3.63) is 16.1 Å². The average molecular weight is 377 g/mol. The lowest BCUT2D eigenvalue weighted by molar-refractivity contribution is -0.143. The smallest absolute Gasteiger partial charge is 0.357 e. The molecule has 9 heteroatoms. The van der Waals surface area contributed by atoms with Crippen LogP contribution in [0.1, 0.15) is 30.2 Å². The van der Waals surface area contributed by atoms with Gasteiger partial charge in [-0.15, -0.1) is 11.3 Å². The molecule has 0 bridgehead atoms. The van der Waals surface area contributed by atoms with Crippen molar-refractivity contribution in [2.45, 2.75) is 39.4 Å². The van der Waals surface area contributed by atoms with E-state index in [9.17, 15) is 13.2 Å². The largest absolute Gasteiger partial charge is 0.401 e. The van der Waals surface area contributed by atoms with Crippen LogP contribution in [0.5, 0.6) is 0 Å². The molecule has 0 aromatic carbocycles. The Morgan fingerprint density at radius 2 is 2.20 bits per heavy atom. The van der Waals surface area contributed by atoms with E-state index in [0.29, 0.717) is 32.1 Å². The second-order valence-corrected chi connectivity index (χ2v) is 7.35. The van der Waals surface area contributed by atoms with Gasteiger partial charge in [0.1, 0.15) is 5.01 Å². The highest BCUT2D eigenvalue weighted by molar-refractivity contribution is 7.11. The van der Waals surface area contributed by atoms with Crippen molar-refractivity contribution in [1.82, 2.24) is 20.5 Å². The van der Waals surface area contributed by atoms with Gasteiger partial charge in [-0.2, -0.15) is 13.2 Å². The maximum absolute atomic E-state index is 12.4. The number of halogens is 3. The van der Waals surface area contributed by atoms with Gasteiger partial charge in [0, 0.05) is 30.7 Å². The molecule has 142 valence electrons. The SMILES string of the molecule is CCNC(=NCc1ncc(CC)s1)NCC1CCN(CC(F)(F)F)C1. The number of nitrogens with zero attached hydrogens (tertiary/aromatic N) is 3. The van der Waals surface area contributed by atoms with Gasteiger partial charge in [-0.3, -0.25) is 4.90 Å². The minimum Gasteiger partial charge on any atom is -0.357 e. The maximum Gasteiger partial charge on any atom is 0.401 e. The molecular formula is C16H26F3N5S. The predicted octanol–water partition coefficient (Wildman–Crippen LogP) is 2.64. The molecule has 0 spiro atoms. The van der Waals surface area contributed by atoms with Crippen molar-refractivity contribution in [3.8, 4) is 0 Å². The number of aliphatic imine (C=N–C) groups is 1. The summed E-state index contributed by atoms with van der Waals surface area (Å²) in [6.07, 6.45) is -0.502. The number of alkyl halides is 3. The molecule has 1 fully saturated rings. The number of thiazole rings is 1. The summed E-state index contributed by atoms with van der Waals surface area (Å²) in [7, 11) is 0. The Balaban J connectivity index is 1.80. The van der Waals surface area contributed by atoms with Crippen molar-refractivity contribution in [2.24, 2.45) is 10.9 Å². The summed E-state index contributed by atoms with van der Waals surface area (Å²) in [4.78, 5) is 11.6. The lowest BCUT2D eigenvalue weighted by Crippen LogP contribution is -2.40. The third kappa shape index (κ3) is 7.19. The van der Waals surface area contributed by atoms with Gasteiger partial charge in [0.2, 0.25) is 0 Å². The van der Waals surface area contributed by atoms with Crippen molar-refractivity contribution >= 4 is 17.3 Å². The monoisotopic (exact) mass is 377 g/mol. The molecule has 1 atom stereocenters. The zero-order valence-electron chi connectivity index (χ0n) is 14.7. The van der Waals surface area contributed by atoms with Gasteiger partial charge in [0.25, 0.3) is 0 Å². The summed E-state index contributed by atoms with van der Waals surface area (Å²) >= 11 is 1.65. The van der Waals surface area contributed by atoms with E-state index in [1.807, 2.05) is 13.1 Å². The molecule has 1 aliphatic heterocycles. The fourth-order valence-electron chi connectivity index (χ4n) is 2.79. The van der Waals surface area contributed by atoms with E-state index in [4.69, 9.17) is 0 Å². The number of rotatable bonds is 7. The van der Waals surface area contributed by atoms with E-state index in [1.54, 1.807) is 11.3 Å². The molecule has 5 nitrogen and oxygen atoms in total. The molecule has 2 N–H and O–H groups in total. The number of guanidine groups is 1. The Hall–Kier alpha value is -1.35. The predicted molar refractivity (Wildman–Crippen MR) is 94.9 cm³/mol. The Bertz CT molecular complexity index is 558. The third-order valence-electron chi connectivity index (χ3n) is 4.00. The van der Waals surface area contributed by atoms with Crippen LogP contribution in [0, 0.1) is 5.92 Å². The van der Waals surface area contributed by atoms with Gasteiger partial charge < -0.3 is 10.6 Å². The number of hydrogen-bond donors (Lipinski definition) is 2. The number of aromatic nitrogens is 1. The van der Waals surface area contributed by atoms with Crippen molar-refractivity contribution in [2.75, 3.05) is 32.7 Å². The minimum absolute atomic E-state index is 0.206. The Labute approximate surface area is 150 Å². The molecule has 0 radical (unpaired) electrons. The molecule has 1 unspecified atom stereocenters. The molecule has 25 heavy (non-hydrogen) atoms. The normalized spacial score (nSPS) is 19.4. The first-order chi connectivity index (χ1) is 11.9. The van der Waals surface area contributed by atoms with E-state index >= 15 is 0 Å². The summed E-state index contributed by atoms with van der Waals surface area (Å²) in [6.45, 7) is 6.09. The zero-order chi connectivity index (χ0) is 18.3. The lowest BCUT2D eigenvalue weighted by atomic mass is 10.1. The van der Waals surface area contributed by atoms with Crippen LogP contribution in [0.4, 0.5) is 13.2 Å². The number of hydrogen-bond acceptors (Lipinski definition) is 4. The van der Waals surface area contributed by atoms with E-state index in [0.717, 1.165) is 24.4 Å². The van der Waals surface area contributed by atoms with E-state index in [1.165, 1.54) is 9.78 Å². The standard InChI is InChI=1S/C16H26F3N5S/c1-3-13-8-21-14(25-13)9-23-15(20-4-2)22-7-12-5-6-24(10-12)11-16(17,18)19/h8,12H,3-7,9-11H2,1-2H3,(H2,20,22,23). The first-order valence-electron chi connectivity index (χ1n) is 8.64. The maximum atomic E-state index is 12.4. The van der Waals surface area contributed by atoms with Crippen LogP contribution in [0.3, 0.4) is 0 Å². The molecule has 2 rings (SSSR count). The quantitative estimate of drug-likeness (QED) is 0.567. The third-order valence-corrected chi connectivity index (χ3v) is 5.12. The average Bonchev–Trinajstić information content (AvgIpc) is 3.17. The van der Waals surface area contributed by atoms with E-state index in [-0.39, 0.29) is 5.92 Å². The van der Waals surface area contributed by atoms with E-state index < -0.39 is 12.7 Å². The highest BCUT2D eigenvalue weighted by Crippen LogP contribution is 2.22. The molecule has 1 aliphatic rings. The highest BCUT2D eigenvalue weighted by atomic mass is 32.1. The Morgan fingerprint density at radius 1 is 1.40 bits per heavy atom. The second-order valence-electron chi connectivity index (χ2n) is 6.15. The molecule has 0 aliphatic carbocycles. The summed E-state index contributed by atoms with van der Waals surface area (Å²) < 4.78 is 37.3. The molecule has 0 saturated carbocycles. The van der Waals surface area contributed by atoms with Crippen LogP contribution in [-0.4, -0.2) is 54.7 Å². The highest BCUT2D eigenvalue weighted by Gasteiger charge is 2.34. The van der Waals surface area contributed by atoms with Gasteiger partial charge in [-0.1, -0.05) is 6.92 Å². The number of nitrogens with one attached hydrogen (secondary N) is 2. The summed E-state index contributed by atoms with van der Waals surface area (Å²) in [5.74, 6) is 0.891. The zero-order valence-corrected chi connectivity index (χ0v) is 15.5. The summed E-state index contributed by atoms with van der Waals surface area (Å²) in [5.41, 5.74) is 0. The fraction of sp³-hybridized carbons (Fsp3) is 0.750. The van der Waals surface area contributed by atoms with Gasteiger partial charge >= 0.3 is 6.18 Å². The molecule has 2 heterocycles. The van der Waals surface area contributed by atoms with Crippen LogP contribution in [0.15, 0.2) is 11.2 Å². The van der Waals surface area contributed by atoms with Crippen LogP contribution in [0.2, 0.25) is 0 Å². The molecule has 1 aromatic heterocycles. The topological polar surface area (TPSA) is 52.6 Å². The fourth-order valence-corrected chi connectivity index (χ4v) is 3.58. The second kappa shape index (κ2) is 9.38. The van der Waals surface area contributed by atoms with Gasteiger partial charge in [0.05, 0.1) is 13.1 Å². The molecule has 1 saturated heterocycles.